The number of allylic oxidation sites excluding steroid dienone is 1. The van der Waals surface area contributed by atoms with E-state index >= 15 is 0 Å². The molecule has 0 aliphatic rings. The molecule has 132 valence electrons. The van der Waals surface area contributed by atoms with Gasteiger partial charge in [0.1, 0.15) is 0 Å². The van der Waals surface area contributed by atoms with Gasteiger partial charge >= 0.3 is 0 Å². The Balaban J connectivity index is 2.05. The van der Waals surface area contributed by atoms with Crippen molar-refractivity contribution in [2.75, 3.05) is 6.54 Å². The average molecular weight is 336 g/mol. The lowest BCUT2D eigenvalue weighted by Crippen LogP contribution is -2.42. The molecular formula is C21H28N4. The summed E-state index contributed by atoms with van der Waals surface area (Å²) < 4.78 is 0. The Hall–Kier alpha value is -2.46. The topological polar surface area (TPSA) is 74.8 Å². The fraction of sp³-hybridized carbons (Fsp3) is 0.333. The molecule has 4 heteroatoms. The molecule has 3 unspecified atom stereocenters. The molecule has 4 nitrogen and oxygen atoms in total. The summed E-state index contributed by atoms with van der Waals surface area (Å²) in [6, 6.07) is 13.9. The van der Waals surface area contributed by atoms with Crippen molar-refractivity contribution in [2.45, 2.75) is 32.2 Å². The van der Waals surface area contributed by atoms with E-state index in [0.29, 0.717) is 12.3 Å². The molecule has 3 atom stereocenters. The summed E-state index contributed by atoms with van der Waals surface area (Å²) in [7, 11) is 0. The minimum absolute atomic E-state index is 0.0759. The zero-order valence-corrected chi connectivity index (χ0v) is 15.1. The molecule has 0 aliphatic heterocycles. The number of rotatable bonds is 9. The summed E-state index contributed by atoms with van der Waals surface area (Å²) in [5, 5.41) is 12.0. The van der Waals surface area contributed by atoms with E-state index in [4.69, 9.17) is 11.1 Å². The molecule has 0 saturated carbocycles. The van der Waals surface area contributed by atoms with E-state index in [1.54, 1.807) is 12.4 Å². The molecule has 0 saturated heterocycles. The quantitative estimate of drug-likeness (QED) is 0.611. The van der Waals surface area contributed by atoms with Gasteiger partial charge in [0.25, 0.3) is 0 Å². The van der Waals surface area contributed by atoms with Crippen LogP contribution in [-0.4, -0.2) is 23.3 Å². The summed E-state index contributed by atoms with van der Waals surface area (Å²) in [5.41, 5.74) is 9.89. The second-order valence-electron chi connectivity index (χ2n) is 6.37. The maximum atomic E-state index is 8.56. The molecule has 1 aromatic heterocycles. The lowest BCUT2D eigenvalue weighted by Gasteiger charge is -2.27. The molecule has 4 N–H and O–H groups in total. The lowest BCUT2D eigenvalue weighted by atomic mass is 9.89. The average Bonchev–Trinajstić information content (AvgIpc) is 2.68. The van der Waals surface area contributed by atoms with Gasteiger partial charge in [0, 0.05) is 48.2 Å². The van der Waals surface area contributed by atoms with Crippen LogP contribution >= 0.6 is 0 Å². The van der Waals surface area contributed by atoms with Gasteiger partial charge in [-0.2, -0.15) is 0 Å². The Kier molecular flexibility index (Phi) is 6.90. The molecule has 1 aromatic carbocycles. The van der Waals surface area contributed by atoms with Crippen LogP contribution in [0.5, 0.6) is 0 Å². The van der Waals surface area contributed by atoms with Gasteiger partial charge in [-0.15, -0.1) is 0 Å². The SMILES string of the molecule is C=C(NCC(C(=N)c1ccncc1)C(N)CC)C(C)c1ccccc1. The Morgan fingerprint density at radius 1 is 1.20 bits per heavy atom. The predicted molar refractivity (Wildman–Crippen MR) is 105 cm³/mol. The minimum Gasteiger partial charge on any atom is -0.388 e. The predicted octanol–water partition coefficient (Wildman–Crippen LogP) is 3.71. The first-order chi connectivity index (χ1) is 12.0. The van der Waals surface area contributed by atoms with Gasteiger partial charge in [-0.3, -0.25) is 4.98 Å². The van der Waals surface area contributed by atoms with Crippen molar-refractivity contribution in [3.8, 4) is 0 Å². The minimum atomic E-state index is -0.0767. The monoisotopic (exact) mass is 336 g/mol. The Labute approximate surface area is 150 Å². The van der Waals surface area contributed by atoms with Crippen molar-refractivity contribution in [2.24, 2.45) is 11.7 Å². The van der Waals surface area contributed by atoms with Crippen LogP contribution in [0.1, 0.15) is 37.3 Å². The fourth-order valence-electron chi connectivity index (χ4n) is 2.83. The van der Waals surface area contributed by atoms with Crippen LogP contribution in [0.25, 0.3) is 0 Å². The second kappa shape index (κ2) is 9.14. The van der Waals surface area contributed by atoms with Gasteiger partial charge in [-0.05, 0) is 29.7 Å². The Morgan fingerprint density at radius 2 is 1.84 bits per heavy atom. The number of nitrogens with two attached hydrogens (primary N) is 1. The third-order valence-electron chi connectivity index (χ3n) is 4.72. The van der Waals surface area contributed by atoms with Crippen molar-refractivity contribution in [1.82, 2.24) is 10.3 Å². The summed E-state index contributed by atoms with van der Waals surface area (Å²) >= 11 is 0. The highest BCUT2D eigenvalue weighted by Gasteiger charge is 2.23. The molecule has 2 rings (SSSR count). The lowest BCUT2D eigenvalue weighted by molar-refractivity contribution is 0.488. The van der Waals surface area contributed by atoms with E-state index in [2.05, 4.69) is 42.9 Å². The molecule has 1 heterocycles. The molecule has 0 bridgehead atoms. The van der Waals surface area contributed by atoms with Crippen molar-refractivity contribution in [3.63, 3.8) is 0 Å². The van der Waals surface area contributed by atoms with Crippen molar-refractivity contribution in [3.05, 3.63) is 78.3 Å². The first-order valence-corrected chi connectivity index (χ1v) is 8.76. The van der Waals surface area contributed by atoms with Gasteiger partial charge < -0.3 is 16.5 Å². The van der Waals surface area contributed by atoms with E-state index in [9.17, 15) is 0 Å². The first kappa shape index (κ1) is 18.9. The highest BCUT2D eigenvalue weighted by molar-refractivity contribution is 6.00. The largest absolute Gasteiger partial charge is 0.388 e. The Morgan fingerprint density at radius 3 is 2.44 bits per heavy atom. The summed E-state index contributed by atoms with van der Waals surface area (Å²) in [6.45, 7) is 8.98. The van der Waals surface area contributed by atoms with Gasteiger partial charge in [0.05, 0.1) is 0 Å². The molecule has 25 heavy (non-hydrogen) atoms. The van der Waals surface area contributed by atoms with E-state index < -0.39 is 0 Å². The molecule has 0 fully saturated rings. The Bertz CT molecular complexity index is 682. The first-order valence-electron chi connectivity index (χ1n) is 8.76. The van der Waals surface area contributed by atoms with Crippen LogP contribution < -0.4 is 11.1 Å². The third kappa shape index (κ3) is 5.00. The number of aromatic nitrogens is 1. The summed E-state index contributed by atoms with van der Waals surface area (Å²) in [5.74, 6) is 0.127. The zero-order valence-electron chi connectivity index (χ0n) is 15.1. The van der Waals surface area contributed by atoms with Gasteiger partial charge in [-0.1, -0.05) is 50.8 Å². The van der Waals surface area contributed by atoms with Crippen LogP contribution in [0.4, 0.5) is 0 Å². The number of nitrogens with zero attached hydrogens (tertiary/aromatic N) is 1. The van der Waals surface area contributed by atoms with Crippen molar-refractivity contribution in [1.29, 1.82) is 5.41 Å². The number of benzene rings is 1. The molecule has 0 radical (unpaired) electrons. The van der Waals surface area contributed by atoms with E-state index in [-0.39, 0.29) is 17.9 Å². The third-order valence-corrected chi connectivity index (χ3v) is 4.72. The smallest absolute Gasteiger partial charge is 0.0451 e. The fourth-order valence-corrected chi connectivity index (χ4v) is 2.83. The summed E-state index contributed by atoms with van der Waals surface area (Å²) in [4.78, 5) is 4.03. The molecular weight excluding hydrogens is 308 g/mol. The van der Waals surface area contributed by atoms with Gasteiger partial charge in [-0.25, -0.2) is 0 Å². The van der Waals surface area contributed by atoms with E-state index in [0.717, 1.165) is 17.7 Å². The highest BCUT2D eigenvalue weighted by atomic mass is 14.9. The number of nitrogens with one attached hydrogen (secondary N) is 2. The van der Waals surface area contributed by atoms with Gasteiger partial charge in [0.15, 0.2) is 0 Å². The van der Waals surface area contributed by atoms with Crippen LogP contribution in [0.2, 0.25) is 0 Å². The molecule has 0 amide bonds. The van der Waals surface area contributed by atoms with Crippen LogP contribution in [0.3, 0.4) is 0 Å². The highest BCUT2D eigenvalue weighted by Crippen LogP contribution is 2.21. The van der Waals surface area contributed by atoms with E-state index in [1.807, 2.05) is 30.3 Å². The zero-order chi connectivity index (χ0) is 18.2. The molecule has 2 aromatic rings. The van der Waals surface area contributed by atoms with Crippen LogP contribution in [0.15, 0.2) is 67.1 Å². The van der Waals surface area contributed by atoms with Crippen molar-refractivity contribution >= 4 is 5.71 Å². The number of pyridine rings is 1. The maximum absolute atomic E-state index is 8.56. The standard InChI is InChI=1S/C21H28N4/c1-4-20(22)19(21(23)18-10-12-24-13-11-18)14-25-16(3)15(2)17-8-6-5-7-9-17/h5-13,15,19-20,23,25H,3-4,14,22H2,1-2H3. The maximum Gasteiger partial charge on any atom is 0.0451 e. The number of hydrogen-bond acceptors (Lipinski definition) is 4. The van der Waals surface area contributed by atoms with E-state index in [1.165, 1.54) is 5.56 Å². The van der Waals surface area contributed by atoms with Crippen LogP contribution in [0, 0.1) is 11.3 Å². The van der Waals surface area contributed by atoms with Gasteiger partial charge in [0.2, 0.25) is 0 Å². The molecule has 0 aliphatic carbocycles. The second-order valence-corrected chi connectivity index (χ2v) is 6.37. The summed E-state index contributed by atoms with van der Waals surface area (Å²) in [6.07, 6.45) is 4.24. The van der Waals surface area contributed by atoms with Crippen molar-refractivity contribution < 1.29 is 0 Å². The van der Waals surface area contributed by atoms with Crippen LogP contribution in [-0.2, 0) is 0 Å². The normalized spacial score (nSPS) is 14.4. The molecule has 0 spiro atoms. The number of hydrogen-bond donors (Lipinski definition) is 3.